The zero-order chi connectivity index (χ0) is 19.9. The first kappa shape index (κ1) is 20.2. The molecule has 6 nitrogen and oxygen atoms in total. The van der Waals surface area contributed by atoms with Gasteiger partial charge in [-0.1, -0.05) is 35.5 Å². The van der Waals surface area contributed by atoms with Crippen LogP contribution < -0.4 is 10.1 Å². The molecular formula is C19H18ClFN4O2S. The Hall–Kier alpha value is -2.58. The minimum atomic E-state index is -0.432. The quantitative estimate of drug-likeness (QED) is 0.547. The molecule has 1 heterocycles. The summed E-state index contributed by atoms with van der Waals surface area (Å²) in [5.74, 6) is 0.297. The average Bonchev–Trinajstić information content (AvgIpc) is 3.09. The van der Waals surface area contributed by atoms with Gasteiger partial charge >= 0.3 is 0 Å². The molecule has 0 aliphatic carbocycles. The lowest BCUT2D eigenvalue weighted by atomic mass is 10.3. The number of aromatic nitrogens is 3. The van der Waals surface area contributed by atoms with Gasteiger partial charge in [-0.3, -0.25) is 4.79 Å². The van der Waals surface area contributed by atoms with Crippen LogP contribution in [0.1, 0.15) is 12.7 Å². The number of amides is 1. The van der Waals surface area contributed by atoms with E-state index in [1.54, 1.807) is 42.5 Å². The summed E-state index contributed by atoms with van der Waals surface area (Å²) in [7, 11) is 0. The Morgan fingerprint density at radius 3 is 2.68 bits per heavy atom. The van der Waals surface area contributed by atoms with E-state index >= 15 is 0 Å². The van der Waals surface area contributed by atoms with Crippen molar-refractivity contribution in [2.45, 2.75) is 25.2 Å². The summed E-state index contributed by atoms with van der Waals surface area (Å²) in [5, 5.41) is 12.2. The minimum Gasteiger partial charge on any atom is -0.483 e. The van der Waals surface area contributed by atoms with Crippen LogP contribution in [0.3, 0.4) is 0 Å². The number of carbonyl (C=O) groups is 1. The zero-order valence-corrected chi connectivity index (χ0v) is 16.6. The van der Waals surface area contributed by atoms with E-state index in [-0.39, 0.29) is 24.0 Å². The molecule has 0 bridgehead atoms. The summed E-state index contributed by atoms with van der Waals surface area (Å²) in [6, 6.07) is 13.1. The van der Waals surface area contributed by atoms with Crippen molar-refractivity contribution in [1.82, 2.24) is 14.8 Å². The second-order valence-corrected chi connectivity index (χ2v) is 7.08. The van der Waals surface area contributed by atoms with Gasteiger partial charge in [0, 0.05) is 17.3 Å². The van der Waals surface area contributed by atoms with Gasteiger partial charge in [-0.15, -0.1) is 10.2 Å². The Labute approximate surface area is 171 Å². The number of anilines is 1. The van der Waals surface area contributed by atoms with Crippen LogP contribution in [0.25, 0.3) is 0 Å². The third kappa shape index (κ3) is 5.24. The Morgan fingerprint density at radius 1 is 1.21 bits per heavy atom. The van der Waals surface area contributed by atoms with Crippen LogP contribution in [-0.2, 0) is 17.9 Å². The number of para-hydroxylation sites is 1. The first-order valence-electron chi connectivity index (χ1n) is 8.54. The third-order valence-corrected chi connectivity index (χ3v) is 4.98. The normalized spacial score (nSPS) is 10.7. The lowest BCUT2D eigenvalue weighted by Gasteiger charge is -2.09. The molecule has 1 N–H and O–H groups in total. The average molecular weight is 421 g/mol. The molecule has 0 spiro atoms. The van der Waals surface area contributed by atoms with Crippen molar-refractivity contribution in [2.24, 2.45) is 0 Å². The van der Waals surface area contributed by atoms with Crippen LogP contribution >= 0.6 is 23.4 Å². The van der Waals surface area contributed by atoms with E-state index < -0.39 is 5.82 Å². The second-order valence-electron chi connectivity index (χ2n) is 5.71. The Bertz CT molecular complexity index is 949. The van der Waals surface area contributed by atoms with Gasteiger partial charge < -0.3 is 14.6 Å². The fourth-order valence-electron chi connectivity index (χ4n) is 2.41. The van der Waals surface area contributed by atoms with Crippen LogP contribution in [0.5, 0.6) is 5.75 Å². The molecule has 1 amide bonds. The molecule has 0 saturated heterocycles. The van der Waals surface area contributed by atoms with E-state index in [0.29, 0.717) is 28.2 Å². The molecule has 0 radical (unpaired) electrons. The van der Waals surface area contributed by atoms with Crippen molar-refractivity contribution in [2.75, 3.05) is 11.1 Å². The van der Waals surface area contributed by atoms with E-state index in [1.807, 2.05) is 11.5 Å². The summed E-state index contributed by atoms with van der Waals surface area (Å²) in [6.45, 7) is 2.62. The molecule has 146 valence electrons. The molecule has 0 atom stereocenters. The molecule has 0 aliphatic heterocycles. The lowest BCUT2D eigenvalue weighted by Crippen LogP contribution is -2.14. The molecule has 0 fully saturated rings. The smallest absolute Gasteiger partial charge is 0.234 e. The van der Waals surface area contributed by atoms with Crippen LogP contribution in [0.4, 0.5) is 10.1 Å². The van der Waals surface area contributed by atoms with Gasteiger partial charge in [-0.2, -0.15) is 0 Å². The van der Waals surface area contributed by atoms with E-state index in [0.717, 1.165) is 0 Å². The van der Waals surface area contributed by atoms with Crippen molar-refractivity contribution < 1.29 is 13.9 Å². The number of nitrogens with one attached hydrogen (secondary N) is 1. The number of carbonyl (C=O) groups excluding carboxylic acids is 1. The Morgan fingerprint density at radius 2 is 1.96 bits per heavy atom. The van der Waals surface area contributed by atoms with E-state index in [1.165, 1.54) is 17.8 Å². The van der Waals surface area contributed by atoms with Gasteiger partial charge in [0.1, 0.15) is 6.61 Å². The van der Waals surface area contributed by atoms with E-state index in [2.05, 4.69) is 15.5 Å². The van der Waals surface area contributed by atoms with Gasteiger partial charge in [-0.05, 0) is 43.3 Å². The standard InChI is InChI=1S/C19H18ClFN4O2S/c1-2-25-17(11-27-16-6-4-3-5-15(16)21)23-24-19(25)28-12-18(26)22-14-9-7-13(20)8-10-14/h3-10H,2,11-12H2,1H3,(H,22,26). The largest absolute Gasteiger partial charge is 0.483 e. The molecule has 2 aromatic carbocycles. The van der Waals surface area contributed by atoms with Crippen molar-refractivity contribution in [3.05, 3.63) is 65.2 Å². The number of hydrogen-bond acceptors (Lipinski definition) is 5. The molecule has 28 heavy (non-hydrogen) atoms. The van der Waals surface area contributed by atoms with Crippen molar-refractivity contribution >= 4 is 35.0 Å². The highest BCUT2D eigenvalue weighted by Gasteiger charge is 2.14. The molecule has 1 aromatic heterocycles. The molecular weight excluding hydrogens is 403 g/mol. The number of halogens is 2. The summed E-state index contributed by atoms with van der Waals surface area (Å²) in [6.07, 6.45) is 0. The van der Waals surface area contributed by atoms with Gasteiger partial charge in [0.2, 0.25) is 5.91 Å². The number of nitrogens with zero attached hydrogens (tertiary/aromatic N) is 3. The number of thioether (sulfide) groups is 1. The van der Waals surface area contributed by atoms with Crippen molar-refractivity contribution in [1.29, 1.82) is 0 Å². The van der Waals surface area contributed by atoms with Gasteiger partial charge in [0.15, 0.2) is 22.5 Å². The molecule has 3 aromatic rings. The minimum absolute atomic E-state index is 0.0826. The molecule has 3 rings (SSSR count). The number of hydrogen-bond donors (Lipinski definition) is 1. The fraction of sp³-hybridized carbons (Fsp3) is 0.211. The van der Waals surface area contributed by atoms with Crippen LogP contribution in [0, 0.1) is 5.82 Å². The topological polar surface area (TPSA) is 69.0 Å². The van der Waals surface area contributed by atoms with Crippen LogP contribution in [0.2, 0.25) is 5.02 Å². The molecule has 0 aliphatic rings. The van der Waals surface area contributed by atoms with E-state index in [4.69, 9.17) is 16.3 Å². The fourth-order valence-corrected chi connectivity index (χ4v) is 3.36. The maximum atomic E-state index is 13.7. The van der Waals surface area contributed by atoms with Gasteiger partial charge in [0.25, 0.3) is 0 Å². The summed E-state index contributed by atoms with van der Waals surface area (Å²) < 4.78 is 21.0. The van der Waals surface area contributed by atoms with Gasteiger partial charge in [0.05, 0.1) is 5.75 Å². The SMILES string of the molecule is CCn1c(COc2ccccc2F)nnc1SCC(=O)Nc1ccc(Cl)cc1. The van der Waals surface area contributed by atoms with Crippen molar-refractivity contribution in [3.8, 4) is 5.75 Å². The number of rotatable bonds is 8. The summed E-state index contributed by atoms with van der Waals surface area (Å²) in [5.41, 5.74) is 0.672. The van der Waals surface area contributed by atoms with Crippen molar-refractivity contribution in [3.63, 3.8) is 0 Å². The first-order chi connectivity index (χ1) is 13.6. The number of ether oxygens (including phenoxy) is 1. The first-order valence-corrected chi connectivity index (χ1v) is 9.90. The second kappa shape index (κ2) is 9.57. The monoisotopic (exact) mass is 420 g/mol. The predicted octanol–water partition coefficient (Wildman–Crippen LogP) is 4.40. The Kier molecular flexibility index (Phi) is 6.89. The van der Waals surface area contributed by atoms with E-state index in [9.17, 15) is 9.18 Å². The maximum Gasteiger partial charge on any atom is 0.234 e. The zero-order valence-electron chi connectivity index (χ0n) is 15.1. The predicted molar refractivity (Wildman–Crippen MR) is 107 cm³/mol. The molecule has 0 saturated carbocycles. The van der Waals surface area contributed by atoms with Gasteiger partial charge in [-0.25, -0.2) is 4.39 Å². The highest BCUT2D eigenvalue weighted by molar-refractivity contribution is 7.99. The summed E-state index contributed by atoms with van der Waals surface area (Å²) >= 11 is 7.10. The Balaban J connectivity index is 1.58. The molecule has 0 unspecified atom stereocenters. The lowest BCUT2D eigenvalue weighted by molar-refractivity contribution is -0.113. The van der Waals surface area contributed by atoms with Crippen LogP contribution in [0.15, 0.2) is 53.7 Å². The molecule has 9 heteroatoms. The highest BCUT2D eigenvalue weighted by Crippen LogP contribution is 2.21. The summed E-state index contributed by atoms with van der Waals surface area (Å²) in [4.78, 5) is 12.1. The third-order valence-electron chi connectivity index (χ3n) is 3.76. The maximum absolute atomic E-state index is 13.7. The van der Waals surface area contributed by atoms with Crippen LogP contribution in [-0.4, -0.2) is 26.4 Å². The number of benzene rings is 2. The highest BCUT2D eigenvalue weighted by atomic mass is 35.5.